The predicted molar refractivity (Wildman–Crippen MR) is 95.9 cm³/mol. The Morgan fingerprint density at radius 1 is 1.25 bits per heavy atom. The molecule has 0 bridgehead atoms. The number of hydrogen-bond acceptors (Lipinski definition) is 3. The molecule has 1 aliphatic rings. The van der Waals surface area contributed by atoms with Gasteiger partial charge in [0, 0.05) is 10.9 Å². The van der Waals surface area contributed by atoms with Crippen LogP contribution in [0.4, 0.5) is 0 Å². The topological polar surface area (TPSA) is 71.2 Å². The molecular weight excluding hydrogens is 372 g/mol. The molecule has 0 radical (unpaired) electrons. The van der Waals surface area contributed by atoms with Crippen LogP contribution in [-0.4, -0.2) is 29.0 Å². The number of nitrogens with one attached hydrogen (secondary N) is 2. The molecule has 5 nitrogen and oxygen atoms in total. The van der Waals surface area contributed by atoms with Gasteiger partial charge in [0.15, 0.2) is 0 Å². The second-order valence-electron chi connectivity index (χ2n) is 6.18. The molecule has 3 rings (SSSR count). The highest BCUT2D eigenvalue weighted by atomic mass is 79.9. The van der Waals surface area contributed by atoms with Crippen LogP contribution in [0.2, 0.25) is 0 Å². The molecule has 0 atom stereocenters. The van der Waals surface area contributed by atoms with E-state index in [9.17, 15) is 9.59 Å². The van der Waals surface area contributed by atoms with Gasteiger partial charge in [-0.3, -0.25) is 4.79 Å². The number of esters is 1. The zero-order valence-corrected chi connectivity index (χ0v) is 15.2. The summed E-state index contributed by atoms with van der Waals surface area (Å²) in [4.78, 5) is 28.5. The van der Waals surface area contributed by atoms with E-state index < -0.39 is 5.54 Å². The molecule has 1 saturated carbocycles. The van der Waals surface area contributed by atoms with Crippen LogP contribution in [0.1, 0.15) is 49.5 Å². The lowest BCUT2D eigenvalue weighted by Gasteiger charge is -2.35. The van der Waals surface area contributed by atoms with Gasteiger partial charge in [0.25, 0.3) is 5.91 Å². The molecule has 0 unspecified atom stereocenters. The van der Waals surface area contributed by atoms with E-state index >= 15 is 0 Å². The normalized spacial score (nSPS) is 16.8. The quantitative estimate of drug-likeness (QED) is 0.774. The maximum absolute atomic E-state index is 12.8. The molecule has 1 amide bonds. The van der Waals surface area contributed by atoms with Crippen LogP contribution < -0.4 is 5.32 Å². The maximum atomic E-state index is 12.8. The predicted octanol–water partition coefficient (Wildman–Crippen LogP) is 3.93. The number of ether oxygens (including phenoxy) is 1. The lowest BCUT2D eigenvalue weighted by atomic mass is 9.81. The summed E-state index contributed by atoms with van der Waals surface area (Å²) in [6.45, 7) is 2.09. The summed E-state index contributed by atoms with van der Waals surface area (Å²) in [7, 11) is 0. The zero-order chi connectivity index (χ0) is 17.2. The van der Waals surface area contributed by atoms with Crippen LogP contribution in [-0.2, 0) is 9.53 Å². The third-order valence-corrected chi connectivity index (χ3v) is 5.42. The minimum absolute atomic E-state index is 0.284. The first-order valence-corrected chi connectivity index (χ1v) is 9.12. The Hall–Kier alpha value is -1.82. The molecule has 1 heterocycles. The van der Waals surface area contributed by atoms with Gasteiger partial charge >= 0.3 is 5.97 Å². The van der Waals surface area contributed by atoms with Gasteiger partial charge in [-0.2, -0.15) is 0 Å². The molecular formula is C18H21BrN2O3. The number of carbonyl (C=O) groups is 2. The third kappa shape index (κ3) is 3.07. The minimum atomic E-state index is -0.915. The van der Waals surface area contributed by atoms with Gasteiger partial charge in [0.05, 0.1) is 11.1 Å². The van der Waals surface area contributed by atoms with E-state index in [4.69, 9.17) is 4.74 Å². The summed E-state index contributed by atoms with van der Waals surface area (Å²) in [6.07, 6.45) is 4.14. The Kier molecular flexibility index (Phi) is 4.94. The molecule has 1 aromatic carbocycles. The highest BCUT2D eigenvalue weighted by molar-refractivity contribution is 9.10. The number of para-hydroxylation sites is 1. The van der Waals surface area contributed by atoms with Crippen molar-refractivity contribution in [3.8, 4) is 0 Å². The van der Waals surface area contributed by atoms with Crippen LogP contribution in [0.25, 0.3) is 10.9 Å². The first kappa shape index (κ1) is 17.0. The summed E-state index contributed by atoms with van der Waals surface area (Å²) in [5.74, 6) is -0.613. The highest BCUT2D eigenvalue weighted by Crippen LogP contribution is 2.32. The van der Waals surface area contributed by atoms with Crippen LogP contribution in [0.3, 0.4) is 0 Å². The van der Waals surface area contributed by atoms with Crippen molar-refractivity contribution in [1.29, 1.82) is 0 Å². The fourth-order valence-corrected chi connectivity index (χ4v) is 3.97. The van der Waals surface area contributed by atoms with E-state index in [0.717, 1.165) is 30.2 Å². The van der Waals surface area contributed by atoms with Gasteiger partial charge in [-0.15, -0.1) is 0 Å². The van der Waals surface area contributed by atoms with Crippen molar-refractivity contribution in [1.82, 2.24) is 10.3 Å². The number of H-pyrrole nitrogens is 1. The standard InChI is InChI=1S/C18H21BrN2O3/c1-2-24-17(23)18(10-6-3-7-11-18)21-16(22)15-14(19)12-8-4-5-9-13(12)20-15/h4-5,8-9,20H,2-3,6-7,10-11H2,1H3,(H,21,22). The fraction of sp³-hybridized carbons (Fsp3) is 0.444. The number of fused-ring (bicyclic) bond motifs is 1. The van der Waals surface area contributed by atoms with Crippen LogP contribution in [0, 0.1) is 0 Å². The number of carbonyl (C=O) groups excluding carboxylic acids is 2. The lowest BCUT2D eigenvalue weighted by molar-refractivity contribution is -0.152. The van der Waals surface area contributed by atoms with Crippen molar-refractivity contribution in [2.45, 2.75) is 44.6 Å². The minimum Gasteiger partial charge on any atom is -0.464 e. The van der Waals surface area contributed by atoms with E-state index in [1.165, 1.54) is 0 Å². The van der Waals surface area contributed by atoms with Crippen molar-refractivity contribution >= 4 is 38.7 Å². The molecule has 24 heavy (non-hydrogen) atoms. The highest BCUT2D eigenvalue weighted by Gasteiger charge is 2.42. The average Bonchev–Trinajstić information content (AvgIpc) is 2.93. The summed E-state index contributed by atoms with van der Waals surface area (Å²) >= 11 is 3.49. The molecule has 1 fully saturated rings. The summed E-state index contributed by atoms with van der Waals surface area (Å²) < 4.78 is 5.95. The van der Waals surface area contributed by atoms with Gasteiger partial charge in [-0.1, -0.05) is 37.5 Å². The zero-order valence-electron chi connectivity index (χ0n) is 13.7. The number of hydrogen-bond donors (Lipinski definition) is 2. The molecule has 2 aromatic rings. The van der Waals surface area contributed by atoms with Crippen molar-refractivity contribution in [3.05, 3.63) is 34.4 Å². The van der Waals surface area contributed by atoms with Crippen molar-refractivity contribution in [3.63, 3.8) is 0 Å². The van der Waals surface area contributed by atoms with Crippen molar-refractivity contribution in [2.75, 3.05) is 6.61 Å². The summed E-state index contributed by atoms with van der Waals surface area (Å²) in [5.41, 5.74) is 0.399. The van der Waals surface area contributed by atoms with E-state index in [-0.39, 0.29) is 11.9 Å². The Labute approximate surface area is 149 Å². The smallest absolute Gasteiger partial charge is 0.331 e. The Morgan fingerprint density at radius 2 is 1.96 bits per heavy atom. The SMILES string of the molecule is CCOC(=O)C1(NC(=O)c2[nH]c3ccccc3c2Br)CCCCC1. The molecule has 1 aliphatic carbocycles. The Morgan fingerprint density at radius 3 is 2.62 bits per heavy atom. The van der Waals surface area contributed by atoms with E-state index in [1.54, 1.807) is 6.92 Å². The van der Waals surface area contributed by atoms with Gasteiger partial charge in [0.1, 0.15) is 11.2 Å². The van der Waals surface area contributed by atoms with Crippen LogP contribution >= 0.6 is 15.9 Å². The third-order valence-electron chi connectivity index (χ3n) is 4.60. The summed E-state index contributed by atoms with van der Waals surface area (Å²) in [5, 5.41) is 3.90. The fourth-order valence-electron chi connectivity index (χ4n) is 3.35. The Balaban J connectivity index is 1.89. The average molecular weight is 393 g/mol. The van der Waals surface area contributed by atoms with Gasteiger partial charge < -0.3 is 15.0 Å². The number of aromatic nitrogens is 1. The molecule has 2 N–H and O–H groups in total. The van der Waals surface area contributed by atoms with Crippen molar-refractivity contribution < 1.29 is 14.3 Å². The van der Waals surface area contributed by atoms with Gasteiger partial charge in [-0.25, -0.2) is 4.79 Å². The second kappa shape index (κ2) is 6.97. The molecule has 0 spiro atoms. The van der Waals surface area contributed by atoms with Gasteiger partial charge in [0.2, 0.25) is 0 Å². The molecule has 0 aliphatic heterocycles. The molecule has 0 saturated heterocycles. The molecule has 1 aromatic heterocycles. The largest absolute Gasteiger partial charge is 0.464 e. The number of aromatic amines is 1. The monoisotopic (exact) mass is 392 g/mol. The number of rotatable bonds is 4. The lowest BCUT2D eigenvalue weighted by Crippen LogP contribution is -2.56. The van der Waals surface area contributed by atoms with E-state index in [2.05, 4.69) is 26.2 Å². The van der Waals surface area contributed by atoms with E-state index in [1.807, 2.05) is 24.3 Å². The van der Waals surface area contributed by atoms with Crippen molar-refractivity contribution in [2.24, 2.45) is 0 Å². The van der Waals surface area contributed by atoms with E-state index in [0.29, 0.717) is 29.6 Å². The van der Waals surface area contributed by atoms with Gasteiger partial charge in [-0.05, 0) is 41.8 Å². The molecule has 6 heteroatoms. The molecule has 128 valence electrons. The summed E-state index contributed by atoms with van der Waals surface area (Å²) in [6, 6.07) is 7.69. The van der Waals surface area contributed by atoms with Crippen LogP contribution in [0.15, 0.2) is 28.7 Å². The number of halogens is 1. The first-order valence-electron chi connectivity index (χ1n) is 8.33. The Bertz CT molecular complexity index is 763. The second-order valence-corrected chi connectivity index (χ2v) is 6.97. The number of amides is 1. The number of benzene rings is 1. The first-order chi connectivity index (χ1) is 11.6. The van der Waals surface area contributed by atoms with Crippen LogP contribution in [0.5, 0.6) is 0 Å². The maximum Gasteiger partial charge on any atom is 0.331 e.